The maximum absolute atomic E-state index is 5.92. The number of hydrogen-bond acceptors (Lipinski definition) is 4. The Kier molecular flexibility index (Phi) is 3.19. The van der Waals surface area contributed by atoms with E-state index in [0.717, 1.165) is 24.1 Å². The van der Waals surface area contributed by atoms with Crippen molar-refractivity contribution in [1.82, 2.24) is 9.97 Å². The van der Waals surface area contributed by atoms with E-state index in [2.05, 4.69) is 35.3 Å². The Morgan fingerprint density at radius 1 is 1.38 bits per heavy atom. The molecule has 2 rings (SSSR count). The summed E-state index contributed by atoms with van der Waals surface area (Å²) < 4.78 is 0. The van der Waals surface area contributed by atoms with Gasteiger partial charge in [-0.3, -0.25) is 0 Å². The van der Waals surface area contributed by atoms with Crippen LogP contribution in [0.5, 0.6) is 0 Å². The lowest BCUT2D eigenvalue weighted by Crippen LogP contribution is -2.02. The molecule has 0 spiro atoms. The topological polar surface area (TPSA) is 51.8 Å². The third-order valence-electron chi connectivity index (χ3n) is 2.59. The fourth-order valence-corrected chi connectivity index (χ4v) is 2.49. The molecule has 0 unspecified atom stereocenters. The maximum atomic E-state index is 5.92. The van der Waals surface area contributed by atoms with Crippen molar-refractivity contribution in [2.45, 2.75) is 26.7 Å². The Labute approximate surface area is 99.4 Å². The highest BCUT2D eigenvalue weighted by molar-refractivity contribution is 7.10. The van der Waals surface area contributed by atoms with Crippen molar-refractivity contribution in [3.8, 4) is 11.3 Å². The molecule has 0 saturated heterocycles. The molecule has 2 heterocycles. The van der Waals surface area contributed by atoms with E-state index in [-0.39, 0.29) is 0 Å². The van der Waals surface area contributed by atoms with Crippen LogP contribution >= 0.6 is 11.3 Å². The van der Waals surface area contributed by atoms with Gasteiger partial charge in [0.15, 0.2) is 0 Å². The van der Waals surface area contributed by atoms with Crippen LogP contribution in [0.2, 0.25) is 0 Å². The van der Waals surface area contributed by atoms with Gasteiger partial charge in [0.05, 0.1) is 5.69 Å². The Hall–Kier alpha value is -1.42. The number of hydrogen-bond donors (Lipinski definition) is 1. The Balaban J connectivity index is 2.56. The minimum atomic E-state index is 0.609. The molecule has 0 radical (unpaired) electrons. The van der Waals surface area contributed by atoms with Crippen molar-refractivity contribution in [2.75, 3.05) is 5.73 Å². The molecule has 2 N–H and O–H groups in total. The molecule has 0 amide bonds. The molecule has 0 saturated carbocycles. The lowest BCUT2D eigenvalue weighted by Gasteiger charge is -2.09. The second-order valence-electron chi connectivity index (χ2n) is 3.73. The molecule has 0 atom stereocenters. The van der Waals surface area contributed by atoms with Gasteiger partial charge in [-0.25, -0.2) is 9.97 Å². The van der Waals surface area contributed by atoms with Crippen LogP contribution in [0.25, 0.3) is 11.3 Å². The van der Waals surface area contributed by atoms with Crippen LogP contribution in [0.3, 0.4) is 0 Å². The van der Waals surface area contributed by atoms with Gasteiger partial charge < -0.3 is 5.73 Å². The lowest BCUT2D eigenvalue weighted by molar-refractivity contribution is 0.908. The van der Waals surface area contributed by atoms with Crippen molar-refractivity contribution in [1.29, 1.82) is 0 Å². The number of nitrogens with two attached hydrogens (primary N) is 1. The number of aromatic nitrogens is 2. The second kappa shape index (κ2) is 4.61. The molecule has 0 aromatic carbocycles. The van der Waals surface area contributed by atoms with Gasteiger partial charge in [0.25, 0.3) is 0 Å². The summed E-state index contributed by atoms with van der Waals surface area (Å²) in [5.74, 6) is 0.609. The van der Waals surface area contributed by atoms with Gasteiger partial charge >= 0.3 is 0 Å². The zero-order valence-corrected chi connectivity index (χ0v) is 10.3. The summed E-state index contributed by atoms with van der Waals surface area (Å²) in [5, 5.41) is 2.08. The average molecular weight is 233 g/mol. The number of aryl methyl sites for hydroxylation is 1. The maximum Gasteiger partial charge on any atom is 0.130 e. The van der Waals surface area contributed by atoms with Crippen LogP contribution in [0.4, 0.5) is 5.82 Å². The van der Waals surface area contributed by atoms with E-state index in [9.17, 15) is 0 Å². The molecule has 16 heavy (non-hydrogen) atoms. The van der Waals surface area contributed by atoms with E-state index in [1.165, 1.54) is 10.4 Å². The van der Waals surface area contributed by atoms with Crippen LogP contribution < -0.4 is 5.73 Å². The predicted molar refractivity (Wildman–Crippen MR) is 68.5 cm³/mol. The standard InChI is InChI=1S/C12H15N3S/c1-3-4-10-11(14-7-15-12(10)13)9-5-6-16-8(9)2/h5-7H,3-4H2,1-2H3,(H2,13,14,15). The summed E-state index contributed by atoms with van der Waals surface area (Å²) in [7, 11) is 0. The van der Waals surface area contributed by atoms with Gasteiger partial charge in [-0.1, -0.05) is 13.3 Å². The lowest BCUT2D eigenvalue weighted by atomic mass is 10.0. The van der Waals surface area contributed by atoms with Crippen LogP contribution in [-0.4, -0.2) is 9.97 Å². The summed E-state index contributed by atoms with van der Waals surface area (Å²) in [5.41, 5.74) is 9.17. The Bertz CT molecular complexity index is 491. The molecule has 0 bridgehead atoms. The Morgan fingerprint density at radius 3 is 2.81 bits per heavy atom. The average Bonchev–Trinajstić information content (AvgIpc) is 2.68. The highest BCUT2D eigenvalue weighted by Crippen LogP contribution is 2.30. The van der Waals surface area contributed by atoms with Gasteiger partial charge in [0.2, 0.25) is 0 Å². The monoisotopic (exact) mass is 233 g/mol. The van der Waals surface area contributed by atoms with Crippen molar-refractivity contribution in [3.63, 3.8) is 0 Å². The second-order valence-corrected chi connectivity index (χ2v) is 4.85. The Morgan fingerprint density at radius 2 is 2.19 bits per heavy atom. The zero-order valence-electron chi connectivity index (χ0n) is 9.53. The minimum absolute atomic E-state index is 0.609. The molecule has 2 aromatic rings. The molecular formula is C12H15N3S. The number of nitrogen functional groups attached to an aromatic ring is 1. The summed E-state index contributed by atoms with van der Waals surface area (Å²) in [6, 6.07) is 2.10. The van der Waals surface area contributed by atoms with Gasteiger partial charge in [0, 0.05) is 16.0 Å². The van der Waals surface area contributed by atoms with Gasteiger partial charge in [-0.2, -0.15) is 0 Å². The molecule has 0 fully saturated rings. The molecule has 0 aliphatic heterocycles. The van der Waals surface area contributed by atoms with E-state index in [1.54, 1.807) is 17.7 Å². The summed E-state index contributed by atoms with van der Waals surface area (Å²) in [4.78, 5) is 9.72. The van der Waals surface area contributed by atoms with Crippen molar-refractivity contribution >= 4 is 17.2 Å². The first kappa shape index (κ1) is 11.1. The number of nitrogens with zero attached hydrogens (tertiary/aromatic N) is 2. The molecule has 4 heteroatoms. The summed E-state index contributed by atoms with van der Waals surface area (Å²) in [6.45, 7) is 4.24. The fraction of sp³-hybridized carbons (Fsp3) is 0.333. The number of rotatable bonds is 3. The summed E-state index contributed by atoms with van der Waals surface area (Å²) in [6.07, 6.45) is 3.52. The van der Waals surface area contributed by atoms with E-state index < -0.39 is 0 Å². The van der Waals surface area contributed by atoms with Crippen molar-refractivity contribution in [2.24, 2.45) is 0 Å². The first-order chi connectivity index (χ1) is 7.74. The molecule has 3 nitrogen and oxygen atoms in total. The minimum Gasteiger partial charge on any atom is -0.383 e. The fourth-order valence-electron chi connectivity index (χ4n) is 1.79. The first-order valence-electron chi connectivity index (χ1n) is 5.37. The third-order valence-corrected chi connectivity index (χ3v) is 3.44. The van der Waals surface area contributed by atoms with Gasteiger partial charge in [-0.05, 0) is 24.8 Å². The largest absolute Gasteiger partial charge is 0.383 e. The normalized spacial score (nSPS) is 10.6. The molecule has 0 aliphatic rings. The third kappa shape index (κ3) is 1.93. The van der Waals surface area contributed by atoms with E-state index in [1.807, 2.05) is 0 Å². The number of thiophene rings is 1. The molecule has 84 valence electrons. The quantitative estimate of drug-likeness (QED) is 0.886. The van der Waals surface area contributed by atoms with Crippen LogP contribution in [0, 0.1) is 6.92 Å². The number of anilines is 1. The van der Waals surface area contributed by atoms with Gasteiger partial charge in [0.1, 0.15) is 12.1 Å². The highest BCUT2D eigenvalue weighted by Gasteiger charge is 2.12. The van der Waals surface area contributed by atoms with Gasteiger partial charge in [-0.15, -0.1) is 11.3 Å². The SMILES string of the molecule is CCCc1c(N)ncnc1-c1ccsc1C. The van der Waals surface area contributed by atoms with Crippen LogP contribution in [-0.2, 0) is 6.42 Å². The summed E-state index contributed by atoms with van der Waals surface area (Å²) >= 11 is 1.73. The van der Waals surface area contributed by atoms with E-state index in [4.69, 9.17) is 5.73 Å². The van der Waals surface area contributed by atoms with Crippen LogP contribution in [0.1, 0.15) is 23.8 Å². The van der Waals surface area contributed by atoms with Crippen LogP contribution in [0.15, 0.2) is 17.8 Å². The van der Waals surface area contributed by atoms with E-state index in [0.29, 0.717) is 5.82 Å². The highest BCUT2D eigenvalue weighted by atomic mass is 32.1. The molecule has 0 aliphatic carbocycles. The predicted octanol–water partition coefficient (Wildman–Crippen LogP) is 3.05. The smallest absolute Gasteiger partial charge is 0.130 e. The molecule has 2 aromatic heterocycles. The van der Waals surface area contributed by atoms with Crippen molar-refractivity contribution in [3.05, 3.63) is 28.2 Å². The molecular weight excluding hydrogens is 218 g/mol. The van der Waals surface area contributed by atoms with Crippen molar-refractivity contribution < 1.29 is 0 Å². The van der Waals surface area contributed by atoms with E-state index >= 15 is 0 Å². The zero-order chi connectivity index (χ0) is 11.5. The first-order valence-corrected chi connectivity index (χ1v) is 6.25.